The number of alkyl halides is 1. The third kappa shape index (κ3) is 5.76. The molecule has 0 aromatic rings. The van der Waals surface area contributed by atoms with Crippen molar-refractivity contribution in [3.63, 3.8) is 0 Å². The van der Waals surface area contributed by atoms with E-state index < -0.39 is 17.9 Å². The van der Waals surface area contributed by atoms with E-state index in [9.17, 15) is 9.18 Å². The summed E-state index contributed by atoms with van der Waals surface area (Å²) in [7, 11) is 0. The number of ether oxygens (including phenoxy) is 1. The molecule has 1 saturated heterocycles. The quantitative estimate of drug-likeness (QED) is 0.860. The second-order valence-corrected chi connectivity index (χ2v) is 6.15. The lowest BCUT2D eigenvalue weighted by Crippen LogP contribution is -2.44. The smallest absolute Gasteiger partial charge is 0.410 e. The molecule has 0 radical (unpaired) electrons. The molecule has 0 aromatic heterocycles. The van der Waals surface area contributed by atoms with Crippen LogP contribution < -0.4 is 5.32 Å². The van der Waals surface area contributed by atoms with Crippen molar-refractivity contribution >= 4 is 6.09 Å². The predicted octanol–water partition coefficient (Wildman–Crippen LogP) is 2.72. The zero-order valence-electron chi connectivity index (χ0n) is 12.5. The first kappa shape index (κ1) is 16.2. The largest absolute Gasteiger partial charge is 0.444 e. The number of rotatable bonds is 3. The molecule has 0 aliphatic carbocycles. The molecular formula is C14H27FN2O2. The van der Waals surface area contributed by atoms with Gasteiger partial charge in [-0.2, -0.15) is 0 Å². The van der Waals surface area contributed by atoms with Crippen molar-refractivity contribution in [2.75, 3.05) is 19.6 Å². The van der Waals surface area contributed by atoms with Gasteiger partial charge in [-0.1, -0.05) is 6.92 Å². The van der Waals surface area contributed by atoms with Gasteiger partial charge < -0.3 is 15.0 Å². The molecule has 0 aromatic carbocycles. The number of nitrogens with zero attached hydrogens (tertiary/aromatic N) is 1. The van der Waals surface area contributed by atoms with Gasteiger partial charge >= 0.3 is 6.09 Å². The Hall–Kier alpha value is -0.840. The SMILES string of the molecule is CCCNC1CCCN(C(=O)OC(C)(C)C)CC1F. The summed E-state index contributed by atoms with van der Waals surface area (Å²) >= 11 is 0. The van der Waals surface area contributed by atoms with Crippen LogP contribution in [-0.4, -0.2) is 48.4 Å². The zero-order valence-corrected chi connectivity index (χ0v) is 12.5. The van der Waals surface area contributed by atoms with Crippen molar-refractivity contribution in [3.05, 3.63) is 0 Å². The van der Waals surface area contributed by atoms with Crippen molar-refractivity contribution in [1.82, 2.24) is 10.2 Å². The summed E-state index contributed by atoms with van der Waals surface area (Å²) in [6.07, 6.45) is 1.12. The third-order valence-electron chi connectivity index (χ3n) is 3.08. The minimum atomic E-state index is -1.03. The van der Waals surface area contributed by atoms with E-state index in [4.69, 9.17) is 4.74 Å². The van der Waals surface area contributed by atoms with Gasteiger partial charge in [-0.05, 0) is 46.6 Å². The van der Waals surface area contributed by atoms with Crippen molar-refractivity contribution in [2.45, 2.75) is 64.8 Å². The summed E-state index contributed by atoms with van der Waals surface area (Å²) in [4.78, 5) is 13.4. The maximum absolute atomic E-state index is 14.2. The summed E-state index contributed by atoms with van der Waals surface area (Å²) < 4.78 is 19.5. The summed E-state index contributed by atoms with van der Waals surface area (Å²) in [6, 6.07) is -0.146. The fourth-order valence-electron chi connectivity index (χ4n) is 2.16. The molecule has 4 nitrogen and oxygen atoms in total. The van der Waals surface area contributed by atoms with E-state index in [2.05, 4.69) is 12.2 Å². The fraction of sp³-hybridized carbons (Fsp3) is 0.929. The molecule has 19 heavy (non-hydrogen) atoms. The molecule has 1 amide bonds. The van der Waals surface area contributed by atoms with Crippen LogP contribution in [0.5, 0.6) is 0 Å². The van der Waals surface area contributed by atoms with Gasteiger partial charge in [0, 0.05) is 12.6 Å². The molecule has 1 heterocycles. The van der Waals surface area contributed by atoms with Gasteiger partial charge in [-0.25, -0.2) is 9.18 Å². The zero-order chi connectivity index (χ0) is 14.5. The molecule has 0 saturated carbocycles. The van der Waals surface area contributed by atoms with Gasteiger partial charge in [-0.3, -0.25) is 0 Å². The average Bonchev–Trinajstić information content (AvgIpc) is 2.46. The van der Waals surface area contributed by atoms with E-state index in [0.717, 1.165) is 25.8 Å². The Morgan fingerprint density at radius 3 is 2.74 bits per heavy atom. The number of nitrogens with one attached hydrogen (secondary N) is 1. The summed E-state index contributed by atoms with van der Waals surface area (Å²) in [5, 5.41) is 3.21. The van der Waals surface area contributed by atoms with Gasteiger partial charge in [0.15, 0.2) is 0 Å². The van der Waals surface area contributed by atoms with Gasteiger partial charge in [0.2, 0.25) is 0 Å². The van der Waals surface area contributed by atoms with Gasteiger partial charge in [-0.15, -0.1) is 0 Å². The van der Waals surface area contributed by atoms with Crippen LogP contribution in [0, 0.1) is 0 Å². The second-order valence-electron chi connectivity index (χ2n) is 6.15. The lowest BCUT2D eigenvalue weighted by atomic mass is 10.1. The van der Waals surface area contributed by atoms with Gasteiger partial charge in [0.1, 0.15) is 11.8 Å². The third-order valence-corrected chi connectivity index (χ3v) is 3.08. The monoisotopic (exact) mass is 274 g/mol. The van der Waals surface area contributed by atoms with Gasteiger partial charge in [0.25, 0.3) is 0 Å². The Kier molecular flexibility index (Phi) is 6.04. The van der Waals surface area contributed by atoms with Crippen LogP contribution in [-0.2, 0) is 4.74 Å². The maximum Gasteiger partial charge on any atom is 0.410 e. The first-order valence-corrected chi connectivity index (χ1v) is 7.19. The number of hydrogen-bond donors (Lipinski definition) is 1. The van der Waals surface area contributed by atoms with Crippen molar-refractivity contribution in [2.24, 2.45) is 0 Å². The number of amides is 1. The van der Waals surface area contributed by atoms with Crippen molar-refractivity contribution in [3.8, 4) is 0 Å². The summed E-state index contributed by atoms with van der Waals surface area (Å²) in [5.41, 5.74) is -0.533. The molecular weight excluding hydrogens is 247 g/mol. The van der Waals surface area contributed by atoms with E-state index in [1.54, 1.807) is 0 Å². The number of halogens is 1. The van der Waals surface area contributed by atoms with E-state index in [1.165, 1.54) is 4.90 Å². The number of hydrogen-bond acceptors (Lipinski definition) is 3. The van der Waals surface area contributed by atoms with Crippen LogP contribution in [0.1, 0.15) is 47.0 Å². The molecule has 2 unspecified atom stereocenters. The maximum atomic E-state index is 14.2. The van der Waals surface area contributed by atoms with Crippen LogP contribution in [0.15, 0.2) is 0 Å². The minimum absolute atomic E-state index is 0.121. The van der Waals surface area contributed by atoms with Crippen LogP contribution in [0.2, 0.25) is 0 Å². The molecule has 1 N–H and O–H groups in total. The van der Waals surface area contributed by atoms with Crippen LogP contribution >= 0.6 is 0 Å². The number of carbonyl (C=O) groups is 1. The highest BCUT2D eigenvalue weighted by Crippen LogP contribution is 2.17. The lowest BCUT2D eigenvalue weighted by molar-refractivity contribution is 0.0215. The van der Waals surface area contributed by atoms with E-state index in [0.29, 0.717) is 6.54 Å². The average molecular weight is 274 g/mol. The molecule has 0 spiro atoms. The summed E-state index contributed by atoms with van der Waals surface area (Å²) in [5.74, 6) is 0. The molecule has 0 bridgehead atoms. The number of carbonyl (C=O) groups excluding carboxylic acids is 1. The fourth-order valence-corrected chi connectivity index (χ4v) is 2.16. The molecule has 1 aliphatic rings. The Bertz CT molecular complexity index is 292. The van der Waals surface area contributed by atoms with E-state index in [1.807, 2.05) is 20.8 Å². The highest BCUT2D eigenvalue weighted by atomic mass is 19.1. The molecule has 112 valence electrons. The predicted molar refractivity (Wildman–Crippen MR) is 74.0 cm³/mol. The molecule has 2 atom stereocenters. The van der Waals surface area contributed by atoms with E-state index >= 15 is 0 Å². The van der Waals surface area contributed by atoms with Gasteiger partial charge in [0.05, 0.1) is 6.54 Å². The second kappa shape index (κ2) is 7.08. The number of likely N-dealkylation sites (tertiary alicyclic amines) is 1. The normalized spacial score (nSPS) is 25.0. The summed E-state index contributed by atoms with van der Waals surface area (Å²) in [6.45, 7) is 9.03. The first-order valence-electron chi connectivity index (χ1n) is 7.19. The topological polar surface area (TPSA) is 41.6 Å². The first-order chi connectivity index (χ1) is 8.83. The Morgan fingerprint density at radius 1 is 1.47 bits per heavy atom. The van der Waals surface area contributed by atoms with Crippen LogP contribution in [0.25, 0.3) is 0 Å². The highest BCUT2D eigenvalue weighted by molar-refractivity contribution is 5.68. The Morgan fingerprint density at radius 2 is 2.16 bits per heavy atom. The minimum Gasteiger partial charge on any atom is -0.444 e. The Labute approximate surface area is 115 Å². The standard InChI is InChI=1S/C14H27FN2O2/c1-5-8-16-12-7-6-9-17(10-11(12)15)13(18)19-14(2,3)4/h11-12,16H,5-10H2,1-4H3. The van der Waals surface area contributed by atoms with Crippen LogP contribution in [0.3, 0.4) is 0 Å². The van der Waals surface area contributed by atoms with Crippen molar-refractivity contribution < 1.29 is 13.9 Å². The van der Waals surface area contributed by atoms with Crippen LogP contribution in [0.4, 0.5) is 9.18 Å². The van der Waals surface area contributed by atoms with E-state index in [-0.39, 0.29) is 12.6 Å². The highest BCUT2D eigenvalue weighted by Gasteiger charge is 2.30. The lowest BCUT2D eigenvalue weighted by Gasteiger charge is -2.27. The Balaban J connectivity index is 2.53. The molecule has 1 aliphatic heterocycles. The van der Waals surface area contributed by atoms with Crippen molar-refractivity contribution in [1.29, 1.82) is 0 Å². The molecule has 5 heteroatoms. The molecule has 1 fully saturated rings. The molecule has 1 rings (SSSR count).